The van der Waals surface area contributed by atoms with Crippen LogP contribution in [0.1, 0.15) is 46.2 Å². The third-order valence-corrected chi connectivity index (χ3v) is 2.85. The molecule has 19 heavy (non-hydrogen) atoms. The lowest BCUT2D eigenvalue weighted by Crippen LogP contribution is -2.33. The van der Waals surface area contributed by atoms with Gasteiger partial charge in [0, 0.05) is 18.7 Å². The number of hydrogen-bond acceptors (Lipinski definition) is 4. The van der Waals surface area contributed by atoms with Gasteiger partial charge in [-0.25, -0.2) is 4.98 Å². The average Bonchev–Trinajstić information content (AvgIpc) is 2.36. The zero-order valence-corrected chi connectivity index (χ0v) is 12.6. The Kier molecular flexibility index (Phi) is 7.41. The molecule has 0 bridgehead atoms. The summed E-state index contributed by atoms with van der Waals surface area (Å²) in [4.78, 5) is 8.69. The molecule has 0 aliphatic carbocycles. The van der Waals surface area contributed by atoms with Crippen LogP contribution in [-0.4, -0.2) is 29.2 Å². The lowest BCUT2D eigenvalue weighted by atomic mass is 10.00. The van der Waals surface area contributed by atoms with Crippen molar-refractivity contribution in [3.63, 3.8) is 0 Å². The molecule has 0 fully saturated rings. The topological polar surface area (TPSA) is 47.0 Å². The van der Waals surface area contributed by atoms with E-state index in [1.165, 1.54) is 0 Å². The Hall–Kier alpha value is -1.16. The molecule has 1 aromatic rings. The zero-order valence-electron chi connectivity index (χ0n) is 12.6. The molecule has 0 aliphatic heterocycles. The first-order valence-corrected chi connectivity index (χ1v) is 7.32. The summed E-state index contributed by atoms with van der Waals surface area (Å²) in [5.41, 5.74) is 1.00. The van der Waals surface area contributed by atoms with Crippen LogP contribution in [0.15, 0.2) is 12.4 Å². The van der Waals surface area contributed by atoms with E-state index in [4.69, 9.17) is 4.74 Å². The standard InChI is InChI=1S/C15H27N3O/c1-5-7-17-13(8-12(3)4)9-14-10-16-11-15(18-14)19-6-2/h10-13,17H,5-9H2,1-4H3. The molecule has 0 amide bonds. The molecule has 1 unspecified atom stereocenters. The van der Waals surface area contributed by atoms with E-state index in [1.807, 2.05) is 13.1 Å². The average molecular weight is 265 g/mol. The maximum Gasteiger partial charge on any atom is 0.232 e. The Balaban J connectivity index is 2.63. The molecule has 108 valence electrons. The Bertz CT molecular complexity index is 355. The van der Waals surface area contributed by atoms with Gasteiger partial charge in [0.25, 0.3) is 0 Å². The van der Waals surface area contributed by atoms with E-state index in [9.17, 15) is 0 Å². The highest BCUT2D eigenvalue weighted by atomic mass is 16.5. The molecular weight excluding hydrogens is 238 g/mol. The lowest BCUT2D eigenvalue weighted by Gasteiger charge is -2.20. The summed E-state index contributed by atoms with van der Waals surface area (Å²) in [6.07, 6.45) is 6.72. The van der Waals surface area contributed by atoms with Gasteiger partial charge in [0.2, 0.25) is 5.88 Å². The molecule has 0 aromatic carbocycles. The first kappa shape index (κ1) is 15.9. The number of aromatic nitrogens is 2. The molecule has 1 N–H and O–H groups in total. The molecule has 0 radical (unpaired) electrons. The second-order valence-corrected chi connectivity index (χ2v) is 5.27. The fraction of sp³-hybridized carbons (Fsp3) is 0.733. The summed E-state index contributed by atoms with van der Waals surface area (Å²) in [6, 6.07) is 0.464. The van der Waals surface area contributed by atoms with E-state index in [1.54, 1.807) is 6.20 Å². The molecule has 4 nitrogen and oxygen atoms in total. The maximum absolute atomic E-state index is 5.40. The van der Waals surface area contributed by atoms with E-state index < -0.39 is 0 Å². The van der Waals surface area contributed by atoms with Crippen molar-refractivity contribution in [2.45, 2.75) is 53.0 Å². The fourth-order valence-corrected chi connectivity index (χ4v) is 2.11. The minimum atomic E-state index is 0.464. The van der Waals surface area contributed by atoms with Crippen molar-refractivity contribution in [3.05, 3.63) is 18.1 Å². The molecular formula is C15H27N3O. The molecule has 0 aliphatic rings. The minimum Gasteiger partial charge on any atom is -0.477 e. The van der Waals surface area contributed by atoms with Crippen LogP contribution in [0.2, 0.25) is 0 Å². The summed E-state index contributed by atoms with van der Waals surface area (Å²) < 4.78 is 5.40. The van der Waals surface area contributed by atoms with Gasteiger partial charge in [-0.1, -0.05) is 20.8 Å². The predicted octanol–water partition coefficient (Wildman–Crippen LogP) is 2.83. The van der Waals surface area contributed by atoms with Crippen molar-refractivity contribution < 1.29 is 4.74 Å². The Morgan fingerprint density at radius 1 is 1.26 bits per heavy atom. The quantitative estimate of drug-likeness (QED) is 0.746. The van der Waals surface area contributed by atoms with Gasteiger partial charge >= 0.3 is 0 Å². The summed E-state index contributed by atoms with van der Waals surface area (Å²) in [6.45, 7) is 10.3. The van der Waals surface area contributed by atoms with E-state index in [0.717, 1.165) is 31.5 Å². The SMILES string of the molecule is CCCNC(Cc1cncc(OCC)n1)CC(C)C. The normalized spacial score (nSPS) is 12.7. The van der Waals surface area contributed by atoms with Crippen molar-refractivity contribution in [3.8, 4) is 5.88 Å². The molecule has 1 heterocycles. The Morgan fingerprint density at radius 2 is 2.05 bits per heavy atom. The third kappa shape index (κ3) is 6.53. The van der Waals surface area contributed by atoms with Crippen LogP contribution in [0, 0.1) is 5.92 Å². The number of ether oxygens (including phenoxy) is 1. The van der Waals surface area contributed by atoms with Crippen LogP contribution in [0.3, 0.4) is 0 Å². The molecule has 1 aromatic heterocycles. The van der Waals surface area contributed by atoms with E-state index in [2.05, 4.69) is 36.1 Å². The highest BCUT2D eigenvalue weighted by molar-refractivity contribution is 5.09. The van der Waals surface area contributed by atoms with Gasteiger partial charge in [0.15, 0.2) is 0 Å². The molecule has 0 saturated heterocycles. The minimum absolute atomic E-state index is 0.464. The highest BCUT2D eigenvalue weighted by Gasteiger charge is 2.12. The summed E-state index contributed by atoms with van der Waals surface area (Å²) in [5.74, 6) is 1.30. The smallest absolute Gasteiger partial charge is 0.232 e. The van der Waals surface area contributed by atoms with Crippen LogP contribution in [0.4, 0.5) is 0 Å². The molecule has 4 heteroatoms. The Labute approximate surface area is 117 Å². The molecule has 1 atom stereocenters. The van der Waals surface area contributed by atoms with Crippen molar-refractivity contribution >= 4 is 0 Å². The van der Waals surface area contributed by atoms with Crippen LogP contribution in [-0.2, 0) is 6.42 Å². The van der Waals surface area contributed by atoms with Crippen LogP contribution in [0.5, 0.6) is 5.88 Å². The number of hydrogen-bond donors (Lipinski definition) is 1. The number of nitrogens with zero attached hydrogens (tertiary/aromatic N) is 2. The summed E-state index contributed by atoms with van der Waals surface area (Å²) in [7, 11) is 0. The molecule has 0 spiro atoms. The first-order valence-electron chi connectivity index (χ1n) is 7.32. The van der Waals surface area contributed by atoms with Gasteiger partial charge in [-0.3, -0.25) is 4.98 Å². The van der Waals surface area contributed by atoms with Crippen LogP contribution < -0.4 is 10.1 Å². The van der Waals surface area contributed by atoms with E-state index in [0.29, 0.717) is 24.4 Å². The van der Waals surface area contributed by atoms with Gasteiger partial charge < -0.3 is 10.1 Å². The predicted molar refractivity (Wildman–Crippen MR) is 78.4 cm³/mol. The molecule has 0 saturated carbocycles. The summed E-state index contributed by atoms with van der Waals surface area (Å²) >= 11 is 0. The second-order valence-electron chi connectivity index (χ2n) is 5.27. The van der Waals surface area contributed by atoms with Gasteiger partial charge in [0.05, 0.1) is 18.5 Å². The first-order chi connectivity index (χ1) is 9.15. The van der Waals surface area contributed by atoms with Gasteiger partial charge in [-0.15, -0.1) is 0 Å². The maximum atomic E-state index is 5.40. The van der Waals surface area contributed by atoms with Crippen molar-refractivity contribution in [2.75, 3.05) is 13.2 Å². The summed E-state index contributed by atoms with van der Waals surface area (Å²) in [5, 5.41) is 3.59. The van der Waals surface area contributed by atoms with Crippen molar-refractivity contribution in [2.24, 2.45) is 5.92 Å². The second kappa shape index (κ2) is 8.86. The largest absolute Gasteiger partial charge is 0.477 e. The monoisotopic (exact) mass is 265 g/mol. The highest BCUT2D eigenvalue weighted by Crippen LogP contribution is 2.12. The third-order valence-electron chi connectivity index (χ3n) is 2.85. The number of rotatable bonds is 9. The van der Waals surface area contributed by atoms with Gasteiger partial charge in [0.1, 0.15) is 0 Å². The molecule has 1 rings (SSSR count). The lowest BCUT2D eigenvalue weighted by molar-refractivity contribution is 0.323. The van der Waals surface area contributed by atoms with Crippen LogP contribution >= 0.6 is 0 Å². The van der Waals surface area contributed by atoms with E-state index >= 15 is 0 Å². The zero-order chi connectivity index (χ0) is 14.1. The fourth-order valence-electron chi connectivity index (χ4n) is 2.11. The van der Waals surface area contributed by atoms with Gasteiger partial charge in [-0.2, -0.15) is 0 Å². The van der Waals surface area contributed by atoms with Crippen molar-refractivity contribution in [1.29, 1.82) is 0 Å². The van der Waals surface area contributed by atoms with Gasteiger partial charge in [-0.05, 0) is 32.2 Å². The number of nitrogens with one attached hydrogen (secondary N) is 1. The van der Waals surface area contributed by atoms with E-state index in [-0.39, 0.29) is 0 Å². The van der Waals surface area contributed by atoms with Crippen LogP contribution in [0.25, 0.3) is 0 Å². The van der Waals surface area contributed by atoms with Crippen molar-refractivity contribution in [1.82, 2.24) is 15.3 Å². The Morgan fingerprint density at radius 3 is 2.68 bits per heavy atom.